The quantitative estimate of drug-likeness (QED) is 0.752. The minimum Gasteiger partial charge on any atom is -0.490 e. The molecule has 29 heavy (non-hydrogen) atoms. The first-order valence-electron chi connectivity index (χ1n) is 11.2. The molecule has 3 saturated heterocycles. The van der Waals surface area contributed by atoms with E-state index in [1.165, 1.54) is 5.69 Å². The highest BCUT2D eigenvalue weighted by Crippen LogP contribution is 2.35. The van der Waals surface area contributed by atoms with Crippen LogP contribution in [-0.4, -0.2) is 72.9 Å². The van der Waals surface area contributed by atoms with E-state index in [1.54, 1.807) is 0 Å². The first kappa shape index (κ1) is 20.3. The van der Waals surface area contributed by atoms with Crippen LogP contribution in [-0.2, 0) is 4.74 Å². The van der Waals surface area contributed by atoms with E-state index in [-0.39, 0.29) is 11.7 Å². The van der Waals surface area contributed by atoms with Gasteiger partial charge >= 0.3 is 6.09 Å². The molecule has 0 saturated carbocycles. The van der Waals surface area contributed by atoms with Crippen LogP contribution >= 0.6 is 0 Å². The van der Waals surface area contributed by atoms with Crippen molar-refractivity contribution < 1.29 is 14.3 Å². The van der Waals surface area contributed by atoms with Crippen molar-refractivity contribution in [2.75, 3.05) is 44.2 Å². The van der Waals surface area contributed by atoms with E-state index in [4.69, 9.17) is 9.47 Å². The average molecular weight is 402 g/mol. The summed E-state index contributed by atoms with van der Waals surface area (Å²) < 4.78 is 12.0. The highest BCUT2D eigenvalue weighted by molar-refractivity contribution is 5.70. The zero-order valence-corrected chi connectivity index (χ0v) is 18.1. The third-order valence-electron chi connectivity index (χ3n) is 6.81. The van der Waals surface area contributed by atoms with Crippen LogP contribution in [0.4, 0.5) is 10.5 Å². The second-order valence-corrected chi connectivity index (χ2v) is 8.99. The highest BCUT2D eigenvalue weighted by Gasteiger charge is 2.46. The Balaban J connectivity index is 1.28. The van der Waals surface area contributed by atoms with Gasteiger partial charge in [-0.15, -0.1) is 0 Å². The van der Waals surface area contributed by atoms with Gasteiger partial charge in [-0.1, -0.05) is 0 Å². The van der Waals surface area contributed by atoms with E-state index in [2.05, 4.69) is 47.9 Å². The Morgan fingerprint density at radius 3 is 2.31 bits per heavy atom. The van der Waals surface area contributed by atoms with E-state index < -0.39 is 0 Å². The topological polar surface area (TPSA) is 45.2 Å². The van der Waals surface area contributed by atoms with Crippen LogP contribution in [0.2, 0.25) is 0 Å². The fourth-order valence-corrected chi connectivity index (χ4v) is 4.81. The number of amides is 1. The first-order valence-corrected chi connectivity index (χ1v) is 11.2. The summed E-state index contributed by atoms with van der Waals surface area (Å²) in [6, 6.07) is 9.15. The SMILES string of the molecule is CCN1CC2(CCN(c3ccc(OC4CCN(C(C)C)CC4)cc3)CC2)OC1=O. The number of benzene rings is 1. The molecule has 6 nitrogen and oxygen atoms in total. The Morgan fingerprint density at radius 1 is 1.10 bits per heavy atom. The minimum atomic E-state index is -0.280. The second-order valence-electron chi connectivity index (χ2n) is 8.99. The number of nitrogens with zero attached hydrogens (tertiary/aromatic N) is 3. The van der Waals surface area contributed by atoms with Crippen LogP contribution in [0.3, 0.4) is 0 Å². The molecule has 1 aromatic carbocycles. The molecule has 6 heteroatoms. The largest absolute Gasteiger partial charge is 0.490 e. The maximum absolute atomic E-state index is 12.0. The maximum Gasteiger partial charge on any atom is 0.410 e. The van der Waals surface area contributed by atoms with E-state index in [0.29, 0.717) is 12.1 Å². The molecule has 3 aliphatic heterocycles. The molecule has 0 aromatic heterocycles. The second kappa shape index (κ2) is 8.42. The number of piperidine rings is 2. The molecule has 3 fully saturated rings. The molecule has 1 spiro atoms. The van der Waals surface area contributed by atoms with Gasteiger partial charge in [0, 0.05) is 57.3 Å². The van der Waals surface area contributed by atoms with Crippen molar-refractivity contribution in [3.05, 3.63) is 24.3 Å². The molecule has 0 aliphatic carbocycles. The van der Waals surface area contributed by atoms with Crippen molar-refractivity contribution in [1.29, 1.82) is 0 Å². The van der Waals surface area contributed by atoms with Gasteiger partial charge in [0.2, 0.25) is 0 Å². The molecule has 1 aromatic rings. The summed E-state index contributed by atoms with van der Waals surface area (Å²) >= 11 is 0. The summed E-state index contributed by atoms with van der Waals surface area (Å²) in [5.74, 6) is 0.966. The number of likely N-dealkylation sites (tertiary alicyclic amines) is 1. The molecule has 0 N–H and O–H groups in total. The average Bonchev–Trinajstić information content (AvgIpc) is 3.04. The molecule has 0 atom stereocenters. The molecule has 3 heterocycles. The van der Waals surface area contributed by atoms with E-state index in [1.807, 2.05) is 11.8 Å². The van der Waals surface area contributed by atoms with Crippen LogP contribution in [0.5, 0.6) is 5.75 Å². The number of carbonyl (C=O) groups is 1. The lowest BCUT2D eigenvalue weighted by Crippen LogP contribution is -2.47. The number of carbonyl (C=O) groups excluding carboxylic acids is 1. The normalized spacial score (nSPS) is 23.1. The summed E-state index contributed by atoms with van der Waals surface area (Å²) in [6.45, 7) is 12.1. The molecule has 1 amide bonds. The summed E-state index contributed by atoms with van der Waals surface area (Å²) in [7, 11) is 0. The summed E-state index contributed by atoms with van der Waals surface area (Å²) in [5, 5.41) is 0. The maximum atomic E-state index is 12.0. The number of likely N-dealkylation sites (N-methyl/N-ethyl adjacent to an activating group) is 1. The number of ether oxygens (including phenoxy) is 2. The Morgan fingerprint density at radius 2 is 1.76 bits per heavy atom. The zero-order valence-electron chi connectivity index (χ0n) is 18.1. The molecular formula is C23H35N3O3. The number of anilines is 1. The number of rotatable bonds is 5. The Hall–Kier alpha value is -1.95. The lowest BCUT2D eigenvalue weighted by Gasteiger charge is -2.38. The van der Waals surface area contributed by atoms with E-state index >= 15 is 0 Å². The summed E-state index contributed by atoms with van der Waals surface area (Å²) in [4.78, 5) is 18.7. The van der Waals surface area contributed by atoms with Crippen molar-refractivity contribution in [3.8, 4) is 5.75 Å². The molecular weight excluding hydrogens is 366 g/mol. The van der Waals surface area contributed by atoms with Crippen molar-refractivity contribution in [2.45, 2.75) is 64.2 Å². The highest BCUT2D eigenvalue weighted by atomic mass is 16.6. The van der Waals surface area contributed by atoms with Crippen LogP contribution < -0.4 is 9.64 Å². The molecule has 160 valence electrons. The third-order valence-corrected chi connectivity index (χ3v) is 6.81. The zero-order chi connectivity index (χ0) is 20.4. The fraction of sp³-hybridized carbons (Fsp3) is 0.696. The van der Waals surface area contributed by atoms with Crippen LogP contribution in [0.15, 0.2) is 24.3 Å². The van der Waals surface area contributed by atoms with Gasteiger partial charge in [0.25, 0.3) is 0 Å². The Labute approximate surface area is 174 Å². The van der Waals surface area contributed by atoms with Gasteiger partial charge in [-0.2, -0.15) is 0 Å². The van der Waals surface area contributed by atoms with Crippen LogP contribution in [0.25, 0.3) is 0 Å². The Kier molecular flexibility index (Phi) is 5.91. The van der Waals surface area contributed by atoms with Crippen LogP contribution in [0.1, 0.15) is 46.5 Å². The predicted molar refractivity (Wildman–Crippen MR) is 115 cm³/mol. The predicted octanol–water partition coefficient (Wildman–Crippen LogP) is 3.75. The van der Waals surface area contributed by atoms with Gasteiger partial charge in [-0.05, 0) is 57.9 Å². The Bertz CT molecular complexity index is 690. The van der Waals surface area contributed by atoms with Gasteiger partial charge in [-0.3, -0.25) is 0 Å². The van der Waals surface area contributed by atoms with Crippen LogP contribution in [0, 0.1) is 0 Å². The van der Waals surface area contributed by atoms with Crippen molar-refractivity contribution >= 4 is 11.8 Å². The summed E-state index contributed by atoms with van der Waals surface area (Å²) in [6.07, 6.45) is 4.15. The number of hydrogen-bond acceptors (Lipinski definition) is 5. The molecule has 4 rings (SSSR count). The monoisotopic (exact) mass is 401 g/mol. The van der Waals surface area contributed by atoms with Gasteiger partial charge in [-0.25, -0.2) is 4.79 Å². The molecule has 0 unspecified atom stereocenters. The smallest absolute Gasteiger partial charge is 0.410 e. The summed E-state index contributed by atoms with van der Waals surface area (Å²) in [5.41, 5.74) is 0.941. The number of hydrogen-bond donors (Lipinski definition) is 0. The van der Waals surface area contributed by atoms with E-state index in [0.717, 1.165) is 70.7 Å². The van der Waals surface area contributed by atoms with Crippen molar-refractivity contribution in [3.63, 3.8) is 0 Å². The van der Waals surface area contributed by atoms with Gasteiger partial charge in [0.1, 0.15) is 17.5 Å². The van der Waals surface area contributed by atoms with Crippen molar-refractivity contribution in [1.82, 2.24) is 9.80 Å². The van der Waals surface area contributed by atoms with Gasteiger partial charge < -0.3 is 24.2 Å². The fourth-order valence-electron chi connectivity index (χ4n) is 4.81. The van der Waals surface area contributed by atoms with E-state index in [9.17, 15) is 4.79 Å². The third kappa shape index (κ3) is 4.47. The standard InChI is InChI=1S/C23H35N3O3/c1-4-24-17-23(29-22(24)27)11-15-26(16-12-23)19-5-7-20(8-6-19)28-21-9-13-25(14-10-21)18(2)3/h5-8,18,21H,4,9-17H2,1-3H3. The lowest BCUT2D eigenvalue weighted by molar-refractivity contribution is 0.0366. The first-order chi connectivity index (χ1) is 14.0. The van der Waals surface area contributed by atoms with Gasteiger partial charge in [0.15, 0.2) is 0 Å². The lowest BCUT2D eigenvalue weighted by atomic mass is 9.91. The molecule has 0 bridgehead atoms. The van der Waals surface area contributed by atoms with Gasteiger partial charge in [0.05, 0.1) is 6.54 Å². The van der Waals surface area contributed by atoms with Crippen molar-refractivity contribution in [2.24, 2.45) is 0 Å². The minimum absolute atomic E-state index is 0.151. The molecule has 3 aliphatic rings. The molecule has 0 radical (unpaired) electrons.